The van der Waals surface area contributed by atoms with Gasteiger partial charge in [0.2, 0.25) is 11.8 Å². The maximum atomic E-state index is 9.80. The summed E-state index contributed by atoms with van der Waals surface area (Å²) >= 11 is 1.56. The number of hydrogen-bond acceptors (Lipinski definition) is 7. The highest BCUT2D eigenvalue weighted by molar-refractivity contribution is 7.13. The number of aromatic amines is 1. The standard InChI is InChI=1S/C19H16N4O3S/c1-24-12-6-3-5-10(17(12)25-2)14-11(9-20)18(21)26-19-15(14)16(22-23-19)13-7-4-8-27-13/h3-8,14H,21H2,1-2H3,(H,22,23)/t14-/m1/s1. The average Bonchev–Trinajstić information content (AvgIpc) is 3.35. The van der Waals surface area contributed by atoms with Gasteiger partial charge >= 0.3 is 0 Å². The maximum absolute atomic E-state index is 9.80. The van der Waals surface area contributed by atoms with Gasteiger partial charge in [-0.3, -0.25) is 5.10 Å². The van der Waals surface area contributed by atoms with Crippen molar-refractivity contribution < 1.29 is 14.2 Å². The third kappa shape index (κ3) is 2.60. The molecule has 2 aromatic heterocycles. The summed E-state index contributed by atoms with van der Waals surface area (Å²) in [6.45, 7) is 0. The van der Waals surface area contributed by atoms with Crippen molar-refractivity contribution in [1.82, 2.24) is 10.2 Å². The first-order chi connectivity index (χ1) is 13.2. The highest BCUT2D eigenvalue weighted by Gasteiger charge is 2.37. The lowest BCUT2D eigenvalue weighted by Gasteiger charge is -2.25. The van der Waals surface area contributed by atoms with E-state index >= 15 is 0 Å². The molecule has 1 aliphatic heterocycles. The number of nitriles is 1. The molecule has 0 saturated heterocycles. The molecular formula is C19H16N4O3S. The molecule has 136 valence electrons. The minimum atomic E-state index is -0.500. The number of methoxy groups -OCH3 is 2. The van der Waals surface area contributed by atoms with Gasteiger partial charge in [0.1, 0.15) is 11.6 Å². The van der Waals surface area contributed by atoms with Crippen LogP contribution in [0.3, 0.4) is 0 Å². The van der Waals surface area contributed by atoms with Crippen molar-refractivity contribution in [3.63, 3.8) is 0 Å². The number of hydrogen-bond donors (Lipinski definition) is 2. The second-order valence-corrected chi connectivity index (χ2v) is 6.75. The molecular weight excluding hydrogens is 364 g/mol. The Morgan fingerprint density at radius 3 is 2.78 bits per heavy atom. The Kier molecular flexibility index (Phi) is 4.22. The minimum Gasteiger partial charge on any atom is -0.493 e. The fraction of sp³-hybridized carbons (Fsp3) is 0.158. The van der Waals surface area contributed by atoms with Crippen LogP contribution in [0.4, 0.5) is 0 Å². The number of rotatable bonds is 4. The molecule has 1 aromatic carbocycles. The number of aromatic nitrogens is 2. The van der Waals surface area contributed by atoms with E-state index in [1.807, 2.05) is 29.6 Å². The van der Waals surface area contributed by atoms with Gasteiger partial charge in [-0.2, -0.15) is 5.26 Å². The van der Waals surface area contributed by atoms with Gasteiger partial charge in [0.15, 0.2) is 11.5 Å². The van der Waals surface area contributed by atoms with E-state index < -0.39 is 5.92 Å². The van der Waals surface area contributed by atoms with Crippen LogP contribution in [0.25, 0.3) is 10.6 Å². The van der Waals surface area contributed by atoms with Gasteiger partial charge in [0.25, 0.3) is 0 Å². The van der Waals surface area contributed by atoms with Crippen LogP contribution in [0, 0.1) is 11.3 Å². The molecule has 0 fully saturated rings. The van der Waals surface area contributed by atoms with Crippen molar-refractivity contribution >= 4 is 11.3 Å². The molecule has 3 heterocycles. The molecule has 7 nitrogen and oxygen atoms in total. The lowest BCUT2D eigenvalue weighted by atomic mass is 9.83. The third-order valence-electron chi connectivity index (χ3n) is 4.45. The summed E-state index contributed by atoms with van der Waals surface area (Å²) < 4.78 is 16.7. The molecule has 0 radical (unpaired) electrons. The smallest absolute Gasteiger partial charge is 0.244 e. The van der Waals surface area contributed by atoms with E-state index in [0.717, 1.165) is 21.7 Å². The monoisotopic (exact) mass is 380 g/mol. The average molecular weight is 380 g/mol. The lowest BCUT2D eigenvalue weighted by molar-refractivity contribution is 0.348. The number of para-hydroxylation sites is 1. The highest BCUT2D eigenvalue weighted by Crippen LogP contribution is 2.49. The first-order valence-corrected chi connectivity index (χ1v) is 8.98. The Hall–Kier alpha value is -3.44. The van der Waals surface area contributed by atoms with Crippen molar-refractivity contribution in [2.75, 3.05) is 14.2 Å². The van der Waals surface area contributed by atoms with Crippen LogP contribution in [0.5, 0.6) is 17.4 Å². The van der Waals surface area contributed by atoms with E-state index in [2.05, 4.69) is 16.3 Å². The zero-order valence-corrected chi connectivity index (χ0v) is 15.5. The van der Waals surface area contributed by atoms with Crippen LogP contribution in [0.15, 0.2) is 47.2 Å². The third-order valence-corrected chi connectivity index (χ3v) is 5.34. The number of nitrogens with zero attached hydrogens (tertiary/aromatic N) is 2. The number of benzene rings is 1. The van der Waals surface area contributed by atoms with Gasteiger partial charge in [-0.25, -0.2) is 0 Å². The topological polar surface area (TPSA) is 106 Å². The van der Waals surface area contributed by atoms with Crippen LogP contribution < -0.4 is 19.9 Å². The summed E-state index contributed by atoms with van der Waals surface area (Å²) in [7, 11) is 3.14. The summed E-state index contributed by atoms with van der Waals surface area (Å²) in [4.78, 5) is 0.983. The maximum Gasteiger partial charge on any atom is 0.244 e. The molecule has 0 spiro atoms. The Bertz CT molecular complexity index is 1060. The number of nitrogens with two attached hydrogens (primary N) is 1. The number of thiophene rings is 1. The second kappa shape index (κ2) is 6.70. The number of ether oxygens (including phenoxy) is 3. The van der Waals surface area contributed by atoms with Gasteiger partial charge in [-0.1, -0.05) is 18.2 Å². The molecule has 1 aliphatic rings. The number of H-pyrrole nitrogens is 1. The summed E-state index contributed by atoms with van der Waals surface area (Å²) in [6.07, 6.45) is 0. The predicted molar refractivity (Wildman–Crippen MR) is 101 cm³/mol. The van der Waals surface area contributed by atoms with Gasteiger partial charge in [0.05, 0.1) is 36.3 Å². The molecule has 0 bridgehead atoms. The van der Waals surface area contributed by atoms with E-state index in [9.17, 15) is 5.26 Å². The molecule has 0 saturated carbocycles. The minimum absolute atomic E-state index is 0.0316. The van der Waals surface area contributed by atoms with E-state index in [-0.39, 0.29) is 5.88 Å². The Morgan fingerprint density at radius 1 is 1.26 bits per heavy atom. The number of fused-ring (bicyclic) bond motifs is 1. The summed E-state index contributed by atoms with van der Waals surface area (Å²) in [6, 6.07) is 11.7. The van der Waals surface area contributed by atoms with Crippen LogP contribution >= 0.6 is 11.3 Å². The van der Waals surface area contributed by atoms with Crippen molar-refractivity contribution in [2.24, 2.45) is 5.73 Å². The molecule has 8 heteroatoms. The molecule has 3 N–H and O–H groups in total. The van der Waals surface area contributed by atoms with Crippen LogP contribution in [0.1, 0.15) is 17.0 Å². The van der Waals surface area contributed by atoms with Crippen molar-refractivity contribution in [3.05, 3.63) is 58.3 Å². The van der Waals surface area contributed by atoms with Crippen molar-refractivity contribution in [3.8, 4) is 34.0 Å². The van der Waals surface area contributed by atoms with Crippen LogP contribution in [-0.2, 0) is 0 Å². The summed E-state index contributed by atoms with van der Waals surface area (Å²) in [5.41, 5.74) is 8.62. The Balaban J connectivity index is 2.01. The molecule has 0 amide bonds. The van der Waals surface area contributed by atoms with E-state index in [4.69, 9.17) is 19.9 Å². The fourth-order valence-corrected chi connectivity index (χ4v) is 4.04. The summed E-state index contributed by atoms with van der Waals surface area (Å²) in [5.74, 6) is 0.991. The molecule has 27 heavy (non-hydrogen) atoms. The highest BCUT2D eigenvalue weighted by atomic mass is 32.1. The van der Waals surface area contributed by atoms with Gasteiger partial charge in [-0.15, -0.1) is 16.4 Å². The molecule has 0 unspecified atom stereocenters. The molecule has 3 aromatic rings. The predicted octanol–water partition coefficient (Wildman–Crippen LogP) is 3.37. The van der Waals surface area contributed by atoms with E-state index in [0.29, 0.717) is 23.0 Å². The van der Waals surface area contributed by atoms with Crippen molar-refractivity contribution in [2.45, 2.75) is 5.92 Å². The molecule has 4 rings (SSSR count). The van der Waals surface area contributed by atoms with Gasteiger partial charge < -0.3 is 19.9 Å². The lowest BCUT2D eigenvalue weighted by Crippen LogP contribution is -2.21. The quantitative estimate of drug-likeness (QED) is 0.719. The largest absolute Gasteiger partial charge is 0.493 e. The Labute approximate surface area is 159 Å². The molecule has 1 atom stereocenters. The van der Waals surface area contributed by atoms with Crippen LogP contribution in [0.2, 0.25) is 0 Å². The SMILES string of the molecule is COc1cccc([C@@H]2C(C#N)=C(N)Oc3n[nH]c(-c4cccs4)c32)c1OC. The van der Waals surface area contributed by atoms with E-state index in [1.54, 1.807) is 31.6 Å². The van der Waals surface area contributed by atoms with Gasteiger partial charge in [0, 0.05) is 5.56 Å². The normalized spacial score (nSPS) is 15.7. The van der Waals surface area contributed by atoms with E-state index in [1.165, 1.54) is 0 Å². The first-order valence-electron chi connectivity index (χ1n) is 8.10. The molecule has 0 aliphatic carbocycles. The second-order valence-electron chi connectivity index (χ2n) is 5.80. The zero-order valence-electron chi connectivity index (χ0n) is 14.6. The van der Waals surface area contributed by atoms with Crippen LogP contribution in [-0.4, -0.2) is 24.4 Å². The zero-order chi connectivity index (χ0) is 19.0. The number of nitrogens with one attached hydrogen (secondary N) is 1. The fourth-order valence-electron chi connectivity index (χ4n) is 3.30. The van der Waals surface area contributed by atoms with Gasteiger partial charge in [-0.05, 0) is 17.5 Å². The number of allylic oxidation sites excluding steroid dienone is 1. The summed E-state index contributed by atoms with van der Waals surface area (Å²) in [5, 5.41) is 19.1. The Morgan fingerprint density at radius 2 is 2.11 bits per heavy atom. The first kappa shape index (κ1) is 17.0. The van der Waals surface area contributed by atoms with Crippen molar-refractivity contribution in [1.29, 1.82) is 5.26 Å².